The van der Waals surface area contributed by atoms with Crippen LogP contribution in [0, 0.1) is 0 Å². The summed E-state index contributed by atoms with van der Waals surface area (Å²) in [5, 5.41) is 4.52. The maximum absolute atomic E-state index is 12.1. The first kappa shape index (κ1) is 14.2. The van der Waals surface area contributed by atoms with E-state index in [9.17, 15) is 4.79 Å². The lowest BCUT2D eigenvalue weighted by Crippen LogP contribution is -2.14. The molecule has 3 rings (SSSR count). The third-order valence-corrected chi connectivity index (χ3v) is 3.97. The number of hydrogen-bond acceptors (Lipinski definition) is 1. The average Bonchev–Trinajstić information content (AvgIpc) is 2.84. The Morgan fingerprint density at radius 2 is 1.95 bits per heavy atom. The van der Waals surface area contributed by atoms with Gasteiger partial charge in [-0.15, -0.1) is 0 Å². The largest absolute Gasteiger partial charge is 0.361 e. The Labute approximate surface area is 135 Å². The van der Waals surface area contributed by atoms with Crippen LogP contribution in [0.3, 0.4) is 0 Å². The van der Waals surface area contributed by atoms with Crippen LogP contribution in [0.2, 0.25) is 5.02 Å². The molecule has 106 valence electrons. The number of rotatable bonds is 3. The van der Waals surface area contributed by atoms with Gasteiger partial charge in [-0.3, -0.25) is 4.79 Å². The third-order valence-electron chi connectivity index (χ3n) is 3.21. The first-order valence-corrected chi connectivity index (χ1v) is 7.60. The molecule has 0 atom stereocenters. The standard InChI is InChI=1S/C16H12BrClN2O/c17-11-1-4-13(5-2-11)20-16(21)7-10-9-19-15-6-3-12(18)8-14(10)15/h1-6,8-9,19H,7H2,(H,20,21). The van der Waals surface area contributed by atoms with Crippen molar-refractivity contribution in [3.05, 3.63) is 63.7 Å². The fourth-order valence-electron chi connectivity index (χ4n) is 2.21. The van der Waals surface area contributed by atoms with Crippen LogP contribution in [0.1, 0.15) is 5.56 Å². The molecule has 21 heavy (non-hydrogen) atoms. The average molecular weight is 364 g/mol. The highest BCUT2D eigenvalue weighted by molar-refractivity contribution is 9.10. The van der Waals surface area contributed by atoms with Crippen LogP contribution in [0.5, 0.6) is 0 Å². The summed E-state index contributed by atoms with van der Waals surface area (Å²) in [5.74, 6) is -0.0572. The van der Waals surface area contributed by atoms with Crippen LogP contribution < -0.4 is 5.32 Å². The van der Waals surface area contributed by atoms with Gasteiger partial charge in [0.15, 0.2) is 0 Å². The van der Waals surface area contributed by atoms with E-state index in [1.165, 1.54) is 0 Å². The summed E-state index contributed by atoms with van der Waals surface area (Å²) in [6.45, 7) is 0. The van der Waals surface area contributed by atoms with Crippen LogP contribution in [0.25, 0.3) is 10.9 Å². The van der Waals surface area contributed by atoms with Gasteiger partial charge in [-0.25, -0.2) is 0 Å². The predicted molar refractivity (Wildman–Crippen MR) is 89.8 cm³/mol. The second-order valence-corrected chi connectivity index (χ2v) is 6.09. The molecule has 0 aliphatic rings. The molecule has 0 saturated heterocycles. The maximum atomic E-state index is 12.1. The van der Waals surface area contributed by atoms with E-state index < -0.39 is 0 Å². The third kappa shape index (κ3) is 3.28. The van der Waals surface area contributed by atoms with E-state index in [0.29, 0.717) is 11.4 Å². The molecule has 3 aromatic rings. The lowest BCUT2D eigenvalue weighted by atomic mass is 10.1. The van der Waals surface area contributed by atoms with Gasteiger partial charge in [-0.2, -0.15) is 0 Å². The van der Waals surface area contributed by atoms with Crippen molar-refractivity contribution < 1.29 is 4.79 Å². The van der Waals surface area contributed by atoms with Crippen LogP contribution in [0.4, 0.5) is 5.69 Å². The molecule has 2 N–H and O–H groups in total. The van der Waals surface area contributed by atoms with Gasteiger partial charge in [0.05, 0.1) is 6.42 Å². The van der Waals surface area contributed by atoms with Crippen LogP contribution >= 0.6 is 27.5 Å². The van der Waals surface area contributed by atoms with Gasteiger partial charge in [0, 0.05) is 32.3 Å². The summed E-state index contributed by atoms with van der Waals surface area (Å²) < 4.78 is 0.978. The molecule has 3 nitrogen and oxygen atoms in total. The number of hydrogen-bond donors (Lipinski definition) is 2. The number of aromatic nitrogens is 1. The monoisotopic (exact) mass is 362 g/mol. The molecule has 0 spiro atoms. The van der Waals surface area contributed by atoms with Gasteiger partial charge in [0.1, 0.15) is 0 Å². The second-order valence-electron chi connectivity index (χ2n) is 4.74. The predicted octanol–water partition coefficient (Wildman–Crippen LogP) is 4.77. The number of carbonyl (C=O) groups is 1. The number of nitrogens with one attached hydrogen (secondary N) is 2. The molecular formula is C16H12BrClN2O. The van der Waals surface area contributed by atoms with Gasteiger partial charge < -0.3 is 10.3 Å². The number of benzene rings is 2. The molecule has 0 unspecified atom stereocenters. The zero-order valence-corrected chi connectivity index (χ0v) is 13.3. The van der Waals surface area contributed by atoms with Crippen LogP contribution in [-0.2, 0) is 11.2 Å². The number of carbonyl (C=O) groups excluding carboxylic acids is 1. The van der Waals surface area contributed by atoms with Gasteiger partial charge in [0.2, 0.25) is 5.91 Å². The van der Waals surface area contributed by atoms with Gasteiger partial charge >= 0.3 is 0 Å². The molecule has 1 aromatic heterocycles. The molecule has 1 amide bonds. The number of amides is 1. The summed E-state index contributed by atoms with van der Waals surface area (Å²) >= 11 is 9.37. The van der Waals surface area contributed by atoms with E-state index in [1.807, 2.05) is 48.7 Å². The quantitative estimate of drug-likeness (QED) is 0.692. The molecule has 0 aliphatic carbocycles. The topological polar surface area (TPSA) is 44.9 Å². The van der Waals surface area contributed by atoms with Crippen molar-refractivity contribution in [2.24, 2.45) is 0 Å². The molecular weight excluding hydrogens is 352 g/mol. The molecule has 5 heteroatoms. The van der Waals surface area contributed by atoms with Gasteiger partial charge in [0.25, 0.3) is 0 Å². The molecule has 2 aromatic carbocycles. The summed E-state index contributed by atoms with van der Waals surface area (Å²) in [6.07, 6.45) is 2.15. The Morgan fingerprint density at radius 3 is 2.71 bits per heavy atom. The number of fused-ring (bicyclic) bond motifs is 1. The van der Waals surface area contributed by atoms with E-state index in [1.54, 1.807) is 0 Å². The first-order chi connectivity index (χ1) is 10.1. The van der Waals surface area contributed by atoms with Crippen molar-refractivity contribution in [1.82, 2.24) is 4.98 Å². The van der Waals surface area contributed by atoms with Crippen molar-refractivity contribution in [2.75, 3.05) is 5.32 Å². The van der Waals surface area contributed by atoms with Crippen LogP contribution in [0.15, 0.2) is 53.1 Å². The summed E-state index contributed by atoms with van der Waals surface area (Å²) in [5.41, 5.74) is 2.69. The molecule has 0 aliphatic heterocycles. The molecule has 1 heterocycles. The Morgan fingerprint density at radius 1 is 1.19 bits per heavy atom. The minimum absolute atomic E-state index is 0.0572. The smallest absolute Gasteiger partial charge is 0.228 e. The minimum Gasteiger partial charge on any atom is -0.361 e. The van der Waals surface area contributed by atoms with Crippen molar-refractivity contribution >= 4 is 50.0 Å². The normalized spacial score (nSPS) is 10.8. The molecule has 0 bridgehead atoms. The lowest BCUT2D eigenvalue weighted by molar-refractivity contribution is -0.115. The highest BCUT2D eigenvalue weighted by Gasteiger charge is 2.09. The fraction of sp³-hybridized carbons (Fsp3) is 0.0625. The first-order valence-electron chi connectivity index (χ1n) is 6.43. The van der Waals surface area contributed by atoms with E-state index in [4.69, 9.17) is 11.6 Å². The number of anilines is 1. The fourth-order valence-corrected chi connectivity index (χ4v) is 2.64. The summed E-state index contributed by atoms with van der Waals surface area (Å²) in [6, 6.07) is 13.1. The Balaban J connectivity index is 1.77. The van der Waals surface area contributed by atoms with Gasteiger partial charge in [-0.05, 0) is 48.0 Å². The minimum atomic E-state index is -0.0572. The van der Waals surface area contributed by atoms with Crippen molar-refractivity contribution in [2.45, 2.75) is 6.42 Å². The molecule has 0 saturated carbocycles. The summed E-state index contributed by atoms with van der Waals surface area (Å²) in [4.78, 5) is 15.3. The highest BCUT2D eigenvalue weighted by Crippen LogP contribution is 2.23. The SMILES string of the molecule is O=C(Cc1c[nH]c2ccc(Cl)cc12)Nc1ccc(Br)cc1. The van der Waals surface area contributed by atoms with E-state index in [0.717, 1.165) is 26.6 Å². The lowest BCUT2D eigenvalue weighted by Gasteiger charge is -2.05. The Kier molecular flexibility index (Phi) is 3.99. The molecule has 0 fully saturated rings. The Bertz CT molecular complexity index is 796. The van der Waals surface area contributed by atoms with Crippen molar-refractivity contribution in [1.29, 1.82) is 0 Å². The second kappa shape index (κ2) is 5.92. The Hall–Kier alpha value is -1.78. The van der Waals surface area contributed by atoms with E-state index in [2.05, 4.69) is 26.2 Å². The van der Waals surface area contributed by atoms with E-state index >= 15 is 0 Å². The summed E-state index contributed by atoms with van der Waals surface area (Å²) in [7, 11) is 0. The zero-order valence-electron chi connectivity index (χ0n) is 11.0. The number of halogens is 2. The van der Waals surface area contributed by atoms with Gasteiger partial charge in [-0.1, -0.05) is 27.5 Å². The van der Waals surface area contributed by atoms with Crippen LogP contribution in [-0.4, -0.2) is 10.9 Å². The van der Waals surface area contributed by atoms with E-state index in [-0.39, 0.29) is 5.91 Å². The highest BCUT2D eigenvalue weighted by atomic mass is 79.9. The number of H-pyrrole nitrogens is 1. The number of aromatic amines is 1. The van der Waals surface area contributed by atoms with Crippen molar-refractivity contribution in [3.63, 3.8) is 0 Å². The zero-order chi connectivity index (χ0) is 14.8. The van der Waals surface area contributed by atoms with Crippen molar-refractivity contribution in [3.8, 4) is 0 Å². The maximum Gasteiger partial charge on any atom is 0.228 e. The molecule has 0 radical (unpaired) electrons.